The summed E-state index contributed by atoms with van der Waals surface area (Å²) in [5.41, 5.74) is 1.77. The minimum absolute atomic E-state index is 0.413. The van der Waals surface area contributed by atoms with E-state index in [0.29, 0.717) is 11.8 Å². The first-order chi connectivity index (χ1) is 7.33. The smallest absolute Gasteiger partial charge is 0.213 e. The van der Waals surface area contributed by atoms with Gasteiger partial charge in [-0.15, -0.1) is 11.6 Å². The van der Waals surface area contributed by atoms with E-state index in [4.69, 9.17) is 16.3 Å². The molecule has 4 nitrogen and oxygen atoms in total. The van der Waals surface area contributed by atoms with Crippen molar-refractivity contribution in [3.05, 3.63) is 36.5 Å². The topological polar surface area (TPSA) is 39.9 Å². The highest BCUT2D eigenvalue weighted by Gasteiger charge is 2.00. The first kappa shape index (κ1) is 9.98. The van der Waals surface area contributed by atoms with Gasteiger partial charge in [0.15, 0.2) is 0 Å². The van der Waals surface area contributed by atoms with Crippen molar-refractivity contribution in [3.63, 3.8) is 0 Å². The van der Waals surface area contributed by atoms with Crippen molar-refractivity contribution in [1.82, 2.24) is 14.5 Å². The number of hydrogen-bond donors (Lipinski definition) is 0. The number of pyridine rings is 1. The van der Waals surface area contributed by atoms with E-state index in [1.807, 2.05) is 16.8 Å². The monoisotopic (exact) mass is 223 g/mol. The zero-order valence-corrected chi connectivity index (χ0v) is 8.98. The van der Waals surface area contributed by atoms with E-state index in [-0.39, 0.29) is 0 Å². The Morgan fingerprint density at radius 3 is 2.80 bits per heavy atom. The molecule has 0 atom stereocenters. The Kier molecular flexibility index (Phi) is 2.87. The highest BCUT2D eigenvalue weighted by atomic mass is 35.5. The molecule has 5 heteroatoms. The van der Waals surface area contributed by atoms with Crippen molar-refractivity contribution in [1.29, 1.82) is 0 Å². The summed E-state index contributed by atoms with van der Waals surface area (Å²) >= 11 is 5.66. The van der Waals surface area contributed by atoms with Crippen molar-refractivity contribution in [2.75, 3.05) is 7.11 Å². The molecule has 0 saturated heterocycles. The average molecular weight is 224 g/mol. The fourth-order valence-electron chi connectivity index (χ4n) is 1.22. The maximum atomic E-state index is 5.66. The lowest BCUT2D eigenvalue weighted by atomic mass is 10.4. The molecule has 0 amide bonds. The SMILES string of the molecule is COc1ccc(-n2cnc(CCl)c2)cn1. The predicted octanol–water partition coefficient (Wildman–Crippen LogP) is 2.01. The Balaban J connectivity index is 2.28. The first-order valence-corrected chi connectivity index (χ1v) is 4.96. The number of halogens is 1. The van der Waals surface area contributed by atoms with Crippen LogP contribution in [0.4, 0.5) is 0 Å². The van der Waals surface area contributed by atoms with Crippen LogP contribution in [0.5, 0.6) is 5.88 Å². The van der Waals surface area contributed by atoms with E-state index in [9.17, 15) is 0 Å². The highest BCUT2D eigenvalue weighted by Crippen LogP contribution is 2.12. The summed E-state index contributed by atoms with van der Waals surface area (Å²) in [6.07, 6.45) is 5.30. The van der Waals surface area contributed by atoms with Gasteiger partial charge in [0.25, 0.3) is 0 Å². The Bertz CT molecular complexity index is 438. The van der Waals surface area contributed by atoms with Crippen LogP contribution >= 0.6 is 11.6 Å². The van der Waals surface area contributed by atoms with Gasteiger partial charge in [-0.2, -0.15) is 0 Å². The lowest BCUT2D eigenvalue weighted by Crippen LogP contribution is -1.92. The number of nitrogens with zero attached hydrogens (tertiary/aromatic N) is 3. The van der Waals surface area contributed by atoms with Gasteiger partial charge in [0.1, 0.15) is 0 Å². The van der Waals surface area contributed by atoms with Crippen LogP contribution in [0, 0.1) is 0 Å². The Hall–Kier alpha value is -1.55. The molecule has 0 unspecified atom stereocenters. The van der Waals surface area contributed by atoms with Gasteiger partial charge in [-0.3, -0.25) is 0 Å². The minimum atomic E-state index is 0.413. The van der Waals surface area contributed by atoms with Gasteiger partial charge in [-0.1, -0.05) is 0 Å². The maximum Gasteiger partial charge on any atom is 0.213 e. The number of alkyl halides is 1. The number of methoxy groups -OCH3 is 1. The summed E-state index contributed by atoms with van der Waals surface area (Å²) in [5.74, 6) is 1.01. The normalized spacial score (nSPS) is 10.3. The van der Waals surface area contributed by atoms with Crippen molar-refractivity contribution < 1.29 is 4.74 Å². The van der Waals surface area contributed by atoms with Crippen molar-refractivity contribution in [2.45, 2.75) is 5.88 Å². The molecule has 15 heavy (non-hydrogen) atoms. The minimum Gasteiger partial charge on any atom is -0.481 e. The molecule has 0 spiro atoms. The van der Waals surface area contributed by atoms with Gasteiger partial charge in [-0.25, -0.2) is 9.97 Å². The van der Waals surface area contributed by atoms with Crippen molar-refractivity contribution >= 4 is 11.6 Å². The summed E-state index contributed by atoms with van der Waals surface area (Å²) in [7, 11) is 1.59. The van der Waals surface area contributed by atoms with E-state index >= 15 is 0 Å². The molecule has 2 heterocycles. The maximum absolute atomic E-state index is 5.66. The van der Waals surface area contributed by atoms with Crippen LogP contribution in [-0.4, -0.2) is 21.6 Å². The standard InChI is InChI=1S/C10H10ClN3O/c1-15-10-3-2-9(5-12-10)14-6-8(4-11)13-7-14/h2-3,5-7H,4H2,1H3. The van der Waals surface area contributed by atoms with Crippen LogP contribution in [0.1, 0.15) is 5.69 Å². The summed E-state index contributed by atoms with van der Waals surface area (Å²) < 4.78 is 6.84. The fraction of sp³-hybridized carbons (Fsp3) is 0.200. The van der Waals surface area contributed by atoms with E-state index in [2.05, 4.69) is 9.97 Å². The molecular weight excluding hydrogens is 214 g/mol. The van der Waals surface area contributed by atoms with Gasteiger partial charge in [0.05, 0.1) is 36.9 Å². The molecule has 2 rings (SSSR count). The van der Waals surface area contributed by atoms with Crippen LogP contribution in [0.2, 0.25) is 0 Å². The van der Waals surface area contributed by atoms with Crippen molar-refractivity contribution in [3.8, 4) is 11.6 Å². The third-order valence-corrected chi connectivity index (χ3v) is 2.27. The Labute approximate surface area is 92.5 Å². The summed E-state index contributed by atoms with van der Waals surface area (Å²) in [5, 5.41) is 0. The molecule has 0 aliphatic carbocycles. The van der Waals surface area contributed by atoms with E-state index < -0.39 is 0 Å². The fourth-order valence-corrected chi connectivity index (χ4v) is 1.36. The number of rotatable bonds is 3. The summed E-state index contributed by atoms with van der Waals surface area (Å²) in [4.78, 5) is 8.23. The lowest BCUT2D eigenvalue weighted by molar-refractivity contribution is 0.398. The molecule has 78 valence electrons. The van der Waals surface area contributed by atoms with Crippen LogP contribution < -0.4 is 4.74 Å². The molecule has 0 N–H and O–H groups in total. The molecule has 0 aromatic carbocycles. The molecule has 0 bridgehead atoms. The molecule has 2 aromatic heterocycles. The van der Waals surface area contributed by atoms with Gasteiger partial charge in [0.2, 0.25) is 5.88 Å². The number of ether oxygens (including phenoxy) is 1. The number of aromatic nitrogens is 3. The Morgan fingerprint density at radius 1 is 1.40 bits per heavy atom. The molecule has 0 saturated carbocycles. The number of imidazole rings is 1. The predicted molar refractivity (Wildman–Crippen MR) is 57.5 cm³/mol. The molecule has 0 aliphatic heterocycles. The quantitative estimate of drug-likeness (QED) is 0.748. The van der Waals surface area contributed by atoms with E-state index in [1.54, 1.807) is 25.7 Å². The van der Waals surface area contributed by atoms with Crippen molar-refractivity contribution in [2.24, 2.45) is 0 Å². The zero-order chi connectivity index (χ0) is 10.7. The molecule has 0 fully saturated rings. The molecule has 2 aromatic rings. The van der Waals surface area contributed by atoms with Crippen LogP contribution in [0.15, 0.2) is 30.9 Å². The third-order valence-electron chi connectivity index (χ3n) is 2.00. The second-order valence-electron chi connectivity index (χ2n) is 2.96. The highest BCUT2D eigenvalue weighted by molar-refractivity contribution is 6.16. The van der Waals surface area contributed by atoms with Gasteiger partial charge < -0.3 is 9.30 Å². The molecular formula is C10H10ClN3O. The van der Waals surface area contributed by atoms with Crippen LogP contribution in [0.25, 0.3) is 5.69 Å². The molecule has 0 radical (unpaired) electrons. The molecule has 0 aliphatic rings. The van der Waals surface area contributed by atoms with Crippen LogP contribution in [0.3, 0.4) is 0 Å². The zero-order valence-electron chi connectivity index (χ0n) is 8.22. The lowest BCUT2D eigenvalue weighted by Gasteiger charge is -2.02. The van der Waals surface area contributed by atoms with E-state index in [1.165, 1.54) is 0 Å². The number of hydrogen-bond acceptors (Lipinski definition) is 3. The van der Waals surface area contributed by atoms with Gasteiger partial charge >= 0.3 is 0 Å². The third kappa shape index (κ3) is 2.10. The second kappa shape index (κ2) is 4.31. The summed E-state index contributed by atoms with van der Waals surface area (Å²) in [6.45, 7) is 0. The van der Waals surface area contributed by atoms with Gasteiger partial charge in [-0.05, 0) is 6.07 Å². The van der Waals surface area contributed by atoms with Crippen LogP contribution in [-0.2, 0) is 5.88 Å². The average Bonchev–Trinajstić information content (AvgIpc) is 2.78. The second-order valence-corrected chi connectivity index (χ2v) is 3.23. The largest absolute Gasteiger partial charge is 0.481 e. The first-order valence-electron chi connectivity index (χ1n) is 4.42. The van der Waals surface area contributed by atoms with E-state index in [0.717, 1.165) is 11.4 Å². The Morgan fingerprint density at radius 2 is 2.27 bits per heavy atom. The van der Waals surface area contributed by atoms with Gasteiger partial charge in [0, 0.05) is 12.3 Å². The summed E-state index contributed by atoms with van der Waals surface area (Å²) in [6, 6.07) is 3.71.